The molecule has 0 bridgehead atoms. The molecule has 0 radical (unpaired) electrons. The van der Waals surface area contributed by atoms with E-state index in [0.717, 1.165) is 0 Å². The predicted molar refractivity (Wildman–Crippen MR) is 48.3 cm³/mol. The first kappa shape index (κ1) is 9.68. The van der Waals surface area contributed by atoms with Gasteiger partial charge in [-0.25, -0.2) is 0 Å². The highest BCUT2D eigenvalue weighted by Gasteiger charge is 2.10. The van der Waals surface area contributed by atoms with Gasteiger partial charge in [0.25, 0.3) is 0 Å². The van der Waals surface area contributed by atoms with Crippen molar-refractivity contribution in [2.75, 3.05) is 12.8 Å². The van der Waals surface area contributed by atoms with E-state index < -0.39 is 0 Å². The van der Waals surface area contributed by atoms with E-state index in [2.05, 4.69) is 29.6 Å². The summed E-state index contributed by atoms with van der Waals surface area (Å²) in [6.07, 6.45) is 0. The molecule has 0 saturated carbocycles. The molecule has 0 rings (SSSR count). The Kier molecular flexibility index (Phi) is 5.88. The van der Waals surface area contributed by atoms with Crippen LogP contribution >= 0.6 is 35.1 Å². The Labute approximate surface area is 69.4 Å². The average molecular weight is 183 g/mol. The predicted octanol–water partition coefficient (Wildman–Crippen LogP) is 0.609. The number of hydrogen-bond donors (Lipinski definition) is 3. The normalized spacial score (nSPS) is 13.2. The lowest BCUT2D eigenvalue weighted by Gasteiger charge is -2.07. The molecular weight excluding hydrogens is 174 g/mol. The summed E-state index contributed by atoms with van der Waals surface area (Å²) >= 11 is 7.56. The quantitative estimate of drug-likeness (QED) is 0.441. The summed E-state index contributed by atoms with van der Waals surface area (Å²) in [5.74, 6) is 0.655. The van der Waals surface area contributed by atoms with Crippen molar-refractivity contribution in [2.45, 2.75) is 6.04 Å². The molecule has 0 aromatic carbocycles. The van der Waals surface area contributed by atoms with E-state index >= 15 is 0 Å². The standard InChI is InChI=1S/C4H9NOS3/c1-5-3(2-9-8)4(6)7/h3,5,8H,2H2,1H3,(H,6,7)/t3-/m0/s1. The highest BCUT2D eigenvalue weighted by molar-refractivity contribution is 8.68. The fourth-order valence-electron chi connectivity index (χ4n) is 0.353. The van der Waals surface area contributed by atoms with Gasteiger partial charge in [-0.05, 0) is 7.05 Å². The highest BCUT2D eigenvalue weighted by atomic mass is 33.1. The maximum absolute atomic E-state index is 10.5. The van der Waals surface area contributed by atoms with Gasteiger partial charge in [0, 0.05) is 5.75 Å². The molecule has 9 heavy (non-hydrogen) atoms. The SMILES string of the molecule is CN[C@@H](CSS)C(=O)S. The number of thiol groups is 2. The number of carbonyl (C=O) groups is 1. The third-order valence-corrected chi connectivity index (χ3v) is 2.13. The smallest absolute Gasteiger partial charge is 0.203 e. The molecule has 0 spiro atoms. The molecule has 0 amide bonds. The minimum atomic E-state index is -0.171. The Bertz CT molecular complexity index is 97.8. The van der Waals surface area contributed by atoms with Gasteiger partial charge in [-0.15, -0.1) is 24.3 Å². The summed E-state index contributed by atoms with van der Waals surface area (Å²) in [6.45, 7) is 0. The number of hydrogen-bond acceptors (Lipinski definition) is 4. The molecule has 0 fully saturated rings. The molecule has 0 aromatic rings. The van der Waals surface area contributed by atoms with Crippen molar-refractivity contribution in [3.8, 4) is 0 Å². The van der Waals surface area contributed by atoms with Crippen molar-refractivity contribution in [3.05, 3.63) is 0 Å². The van der Waals surface area contributed by atoms with Crippen molar-refractivity contribution in [3.63, 3.8) is 0 Å². The van der Waals surface area contributed by atoms with Crippen LogP contribution < -0.4 is 5.32 Å². The zero-order valence-electron chi connectivity index (χ0n) is 5.00. The van der Waals surface area contributed by atoms with Gasteiger partial charge in [0.05, 0.1) is 6.04 Å². The molecular formula is C4H9NOS3. The Morgan fingerprint density at radius 3 is 2.56 bits per heavy atom. The Morgan fingerprint density at radius 1 is 1.89 bits per heavy atom. The third-order valence-electron chi connectivity index (χ3n) is 0.888. The zero-order chi connectivity index (χ0) is 7.28. The van der Waals surface area contributed by atoms with Crippen molar-refractivity contribution in [2.24, 2.45) is 0 Å². The van der Waals surface area contributed by atoms with Gasteiger partial charge in [0.15, 0.2) is 0 Å². The zero-order valence-corrected chi connectivity index (χ0v) is 7.60. The molecule has 0 aliphatic carbocycles. The minimum absolute atomic E-state index is 0.140. The van der Waals surface area contributed by atoms with Crippen molar-refractivity contribution in [1.29, 1.82) is 0 Å². The van der Waals surface area contributed by atoms with E-state index in [9.17, 15) is 4.79 Å². The van der Waals surface area contributed by atoms with Crippen LogP contribution in [0.4, 0.5) is 0 Å². The second-order valence-corrected chi connectivity index (χ2v) is 3.28. The lowest BCUT2D eigenvalue weighted by Crippen LogP contribution is -2.33. The largest absolute Gasteiger partial charge is 0.309 e. The molecule has 0 heterocycles. The number of likely N-dealkylation sites (N-methyl/N-ethyl adjacent to an activating group) is 1. The van der Waals surface area contributed by atoms with Crippen LogP contribution in [0.5, 0.6) is 0 Å². The van der Waals surface area contributed by atoms with Crippen LogP contribution in [0.25, 0.3) is 0 Å². The first-order valence-corrected chi connectivity index (χ1v) is 4.87. The Morgan fingerprint density at radius 2 is 2.44 bits per heavy atom. The van der Waals surface area contributed by atoms with E-state index in [4.69, 9.17) is 0 Å². The lowest BCUT2D eigenvalue weighted by molar-refractivity contribution is -0.112. The second-order valence-electron chi connectivity index (χ2n) is 1.48. The van der Waals surface area contributed by atoms with Gasteiger partial charge in [0.1, 0.15) is 0 Å². The summed E-state index contributed by atoms with van der Waals surface area (Å²) in [7, 11) is 3.05. The fraction of sp³-hybridized carbons (Fsp3) is 0.750. The summed E-state index contributed by atoms with van der Waals surface area (Å²) in [4.78, 5) is 10.5. The topological polar surface area (TPSA) is 29.1 Å². The van der Waals surface area contributed by atoms with Crippen LogP contribution in [-0.2, 0) is 4.79 Å². The maximum Gasteiger partial charge on any atom is 0.203 e. The van der Waals surface area contributed by atoms with E-state index in [1.54, 1.807) is 7.05 Å². The van der Waals surface area contributed by atoms with Crippen LogP contribution in [-0.4, -0.2) is 24.0 Å². The average Bonchev–Trinajstić information content (AvgIpc) is 1.82. The van der Waals surface area contributed by atoms with Crippen LogP contribution in [0.1, 0.15) is 0 Å². The first-order chi connectivity index (χ1) is 4.22. The monoisotopic (exact) mass is 183 g/mol. The fourth-order valence-corrected chi connectivity index (χ4v) is 1.61. The molecule has 1 atom stereocenters. The summed E-state index contributed by atoms with van der Waals surface area (Å²) < 4.78 is 0. The molecule has 5 heteroatoms. The van der Waals surface area contributed by atoms with E-state index in [-0.39, 0.29) is 11.2 Å². The van der Waals surface area contributed by atoms with Crippen LogP contribution in [0.15, 0.2) is 0 Å². The maximum atomic E-state index is 10.5. The van der Waals surface area contributed by atoms with Gasteiger partial charge in [-0.1, -0.05) is 10.8 Å². The second kappa shape index (κ2) is 5.46. The van der Waals surface area contributed by atoms with Crippen LogP contribution in [0.3, 0.4) is 0 Å². The highest BCUT2D eigenvalue weighted by Crippen LogP contribution is 2.07. The Balaban J connectivity index is 3.54. The van der Waals surface area contributed by atoms with Crippen LogP contribution in [0, 0.1) is 0 Å². The third kappa shape index (κ3) is 4.13. The summed E-state index contributed by atoms with van der Waals surface area (Å²) in [5.41, 5.74) is 0. The number of carbonyl (C=O) groups excluding carboxylic acids is 1. The van der Waals surface area contributed by atoms with E-state index in [1.807, 2.05) is 0 Å². The van der Waals surface area contributed by atoms with Gasteiger partial charge < -0.3 is 5.32 Å². The molecule has 0 saturated heterocycles. The van der Waals surface area contributed by atoms with Gasteiger partial charge >= 0.3 is 0 Å². The molecule has 1 N–H and O–H groups in total. The van der Waals surface area contributed by atoms with Crippen molar-refractivity contribution < 1.29 is 4.79 Å². The molecule has 2 nitrogen and oxygen atoms in total. The molecule has 0 aliphatic rings. The minimum Gasteiger partial charge on any atom is -0.309 e. The summed E-state index contributed by atoms with van der Waals surface area (Å²) in [6, 6.07) is -0.171. The summed E-state index contributed by atoms with van der Waals surface area (Å²) in [5, 5.41) is 2.67. The van der Waals surface area contributed by atoms with Gasteiger partial charge in [-0.2, -0.15) is 0 Å². The first-order valence-electron chi connectivity index (χ1n) is 2.38. The van der Waals surface area contributed by atoms with E-state index in [0.29, 0.717) is 5.75 Å². The van der Waals surface area contributed by atoms with Gasteiger partial charge in [0.2, 0.25) is 5.12 Å². The number of nitrogens with one attached hydrogen (secondary N) is 1. The Hall–Kier alpha value is 0.680. The molecule has 54 valence electrons. The van der Waals surface area contributed by atoms with Crippen molar-refractivity contribution in [1.82, 2.24) is 5.32 Å². The molecule has 0 aromatic heterocycles. The molecule has 0 aliphatic heterocycles. The van der Waals surface area contributed by atoms with E-state index in [1.165, 1.54) is 10.8 Å². The lowest BCUT2D eigenvalue weighted by atomic mass is 10.4. The number of rotatable bonds is 4. The molecule has 0 unspecified atom stereocenters. The van der Waals surface area contributed by atoms with Crippen molar-refractivity contribution >= 4 is 40.2 Å². The van der Waals surface area contributed by atoms with Crippen LogP contribution in [0.2, 0.25) is 0 Å². The van der Waals surface area contributed by atoms with Gasteiger partial charge in [-0.3, -0.25) is 4.79 Å².